The summed E-state index contributed by atoms with van der Waals surface area (Å²) in [4.78, 5) is 38.6. The summed E-state index contributed by atoms with van der Waals surface area (Å²) in [6.45, 7) is 0. The summed E-state index contributed by atoms with van der Waals surface area (Å²) in [6.07, 6.45) is 5.60. The fraction of sp³-hybridized carbons (Fsp3) is 0.375. The molecule has 3 aromatic rings. The van der Waals surface area contributed by atoms with Crippen LogP contribution in [-0.4, -0.2) is 36.0 Å². The van der Waals surface area contributed by atoms with Gasteiger partial charge in [0.2, 0.25) is 5.43 Å². The number of hydrogen-bond acceptors (Lipinski definition) is 6. The van der Waals surface area contributed by atoms with Gasteiger partial charge in [-0.3, -0.25) is 4.79 Å². The normalized spacial score (nSPS) is 17.5. The van der Waals surface area contributed by atoms with Crippen molar-refractivity contribution >= 4 is 34.3 Å². The van der Waals surface area contributed by atoms with E-state index in [1.165, 1.54) is 18.2 Å². The van der Waals surface area contributed by atoms with Crippen LogP contribution in [0.5, 0.6) is 5.75 Å². The average molecular weight is 469 g/mol. The Hall–Kier alpha value is -3.33. The van der Waals surface area contributed by atoms with E-state index in [0.29, 0.717) is 16.7 Å². The summed E-state index contributed by atoms with van der Waals surface area (Å²) < 4.78 is 12.5. The Labute approximate surface area is 193 Å². The Bertz CT molecular complexity index is 1340. The van der Waals surface area contributed by atoms with Gasteiger partial charge in [0.05, 0.1) is 31.2 Å². The molecule has 172 valence electrons. The van der Waals surface area contributed by atoms with Crippen LogP contribution in [0, 0.1) is 0 Å². The first-order valence-electron chi connectivity index (χ1n) is 10.9. The maximum Gasteiger partial charge on any atom is 0.407 e. The second-order valence-electron chi connectivity index (χ2n) is 8.43. The van der Waals surface area contributed by atoms with Crippen molar-refractivity contribution in [1.82, 2.24) is 9.88 Å². The third-order valence-electron chi connectivity index (χ3n) is 6.38. The number of carboxylic acids is 1. The first-order valence-corrected chi connectivity index (χ1v) is 11.7. The molecular formula is C24H24N2O6S. The SMILES string of the molecule is COC(=O)NC1CCCc2sc(-c3ccc4c(=O)c(C(=O)O)cn(C5CC5)c4c3OC)cc21. The molecule has 2 heterocycles. The highest BCUT2D eigenvalue weighted by Crippen LogP contribution is 2.46. The number of fused-ring (bicyclic) bond motifs is 2. The lowest BCUT2D eigenvalue weighted by Gasteiger charge is -2.22. The maximum absolute atomic E-state index is 12.9. The molecule has 1 fully saturated rings. The molecule has 5 rings (SSSR count). The number of nitrogens with zero attached hydrogens (tertiary/aromatic N) is 1. The van der Waals surface area contributed by atoms with Crippen LogP contribution in [0.3, 0.4) is 0 Å². The number of alkyl carbamates (subject to hydrolysis) is 1. The highest BCUT2D eigenvalue weighted by molar-refractivity contribution is 7.15. The summed E-state index contributed by atoms with van der Waals surface area (Å²) in [7, 11) is 2.92. The minimum atomic E-state index is -1.23. The molecule has 0 spiro atoms. The zero-order valence-electron chi connectivity index (χ0n) is 18.3. The number of nitrogens with one attached hydrogen (secondary N) is 1. The molecular weight excluding hydrogens is 444 g/mol. The lowest BCUT2D eigenvalue weighted by molar-refractivity contribution is 0.0694. The van der Waals surface area contributed by atoms with Crippen LogP contribution in [0.1, 0.15) is 58.6 Å². The number of aromatic carboxylic acids is 1. The van der Waals surface area contributed by atoms with Crippen molar-refractivity contribution in [2.24, 2.45) is 0 Å². The van der Waals surface area contributed by atoms with Gasteiger partial charge in [-0.05, 0) is 55.9 Å². The monoisotopic (exact) mass is 468 g/mol. The lowest BCUT2D eigenvalue weighted by Crippen LogP contribution is -2.30. The number of rotatable bonds is 5. The third-order valence-corrected chi connectivity index (χ3v) is 7.62. The van der Waals surface area contributed by atoms with E-state index < -0.39 is 17.5 Å². The van der Waals surface area contributed by atoms with Crippen LogP contribution in [0.2, 0.25) is 0 Å². The zero-order valence-corrected chi connectivity index (χ0v) is 19.2. The first kappa shape index (κ1) is 21.5. The van der Waals surface area contributed by atoms with Gasteiger partial charge in [-0.15, -0.1) is 11.3 Å². The largest absolute Gasteiger partial charge is 0.494 e. The van der Waals surface area contributed by atoms with Crippen LogP contribution in [0.4, 0.5) is 4.79 Å². The van der Waals surface area contributed by atoms with Gasteiger partial charge >= 0.3 is 12.1 Å². The van der Waals surface area contributed by atoms with Crippen LogP contribution < -0.4 is 15.5 Å². The summed E-state index contributed by atoms with van der Waals surface area (Å²) >= 11 is 1.65. The molecule has 33 heavy (non-hydrogen) atoms. The molecule has 9 heteroatoms. The van der Waals surface area contributed by atoms with Crippen LogP contribution in [0.15, 0.2) is 29.2 Å². The van der Waals surface area contributed by atoms with E-state index in [1.807, 2.05) is 10.6 Å². The van der Waals surface area contributed by atoms with E-state index >= 15 is 0 Å². The summed E-state index contributed by atoms with van der Waals surface area (Å²) in [5.41, 5.74) is 1.82. The Morgan fingerprint density at radius 1 is 1.21 bits per heavy atom. The number of pyridine rings is 1. The molecule has 1 amide bonds. The molecule has 2 N–H and O–H groups in total. The van der Waals surface area contributed by atoms with Gasteiger partial charge in [-0.2, -0.15) is 0 Å². The van der Waals surface area contributed by atoms with Gasteiger partial charge in [-0.25, -0.2) is 9.59 Å². The van der Waals surface area contributed by atoms with Crippen molar-refractivity contribution < 1.29 is 24.2 Å². The number of benzene rings is 1. The second kappa shape index (κ2) is 8.22. The van der Waals surface area contributed by atoms with E-state index in [-0.39, 0.29) is 17.6 Å². The summed E-state index contributed by atoms with van der Waals surface area (Å²) in [5, 5.41) is 12.8. The van der Waals surface area contributed by atoms with Crippen LogP contribution in [0.25, 0.3) is 21.3 Å². The molecule has 0 radical (unpaired) electrons. The predicted octanol–water partition coefficient (Wildman–Crippen LogP) is 4.51. The topological polar surface area (TPSA) is 107 Å². The number of methoxy groups -OCH3 is 2. The molecule has 0 bridgehead atoms. The number of thiophene rings is 1. The smallest absolute Gasteiger partial charge is 0.407 e. The van der Waals surface area contributed by atoms with Gasteiger partial charge in [0.15, 0.2) is 5.75 Å². The van der Waals surface area contributed by atoms with Crippen molar-refractivity contribution in [2.45, 2.75) is 44.2 Å². The number of aryl methyl sites for hydroxylation is 1. The molecule has 1 atom stereocenters. The number of amides is 1. The average Bonchev–Trinajstić information content (AvgIpc) is 3.56. The van der Waals surface area contributed by atoms with Gasteiger partial charge in [-0.1, -0.05) is 0 Å². The van der Waals surface area contributed by atoms with Crippen molar-refractivity contribution in [3.05, 3.63) is 50.6 Å². The number of ether oxygens (including phenoxy) is 2. The fourth-order valence-corrected chi connectivity index (χ4v) is 5.94. The molecule has 1 aromatic carbocycles. The lowest BCUT2D eigenvalue weighted by atomic mass is 9.93. The number of carbonyl (C=O) groups excluding carboxylic acids is 1. The Morgan fingerprint density at radius 3 is 2.67 bits per heavy atom. The number of carbonyl (C=O) groups is 2. The van der Waals surface area contributed by atoms with Crippen molar-refractivity contribution in [3.63, 3.8) is 0 Å². The molecule has 2 aliphatic rings. The number of aromatic nitrogens is 1. The Balaban J connectivity index is 1.68. The summed E-state index contributed by atoms with van der Waals surface area (Å²) in [6, 6.07) is 5.64. The van der Waals surface area contributed by atoms with Gasteiger partial charge < -0.3 is 24.5 Å². The molecule has 0 aliphatic heterocycles. The van der Waals surface area contributed by atoms with Gasteiger partial charge in [0.25, 0.3) is 0 Å². The minimum absolute atomic E-state index is 0.111. The van der Waals surface area contributed by atoms with Crippen molar-refractivity contribution in [1.29, 1.82) is 0 Å². The Kier molecular flexibility index (Phi) is 5.36. The number of hydrogen-bond donors (Lipinski definition) is 2. The van der Waals surface area contributed by atoms with Crippen LogP contribution in [-0.2, 0) is 11.2 Å². The van der Waals surface area contributed by atoms with E-state index in [0.717, 1.165) is 48.1 Å². The summed E-state index contributed by atoms with van der Waals surface area (Å²) in [5.74, 6) is -0.668. The first-order chi connectivity index (χ1) is 15.9. The number of carboxylic acid groups (broad SMARTS) is 1. The van der Waals surface area contributed by atoms with E-state index in [4.69, 9.17) is 9.47 Å². The molecule has 2 aliphatic carbocycles. The zero-order chi connectivity index (χ0) is 23.3. The van der Waals surface area contributed by atoms with E-state index in [2.05, 4.69) is 11.4 Å². The minimum Gasteiger partial charge on any atom is -0.494 e. The standard InChI is InChI=1S/C24H24N2O6S/c1-31-22-13(19-10-15-17(25-24(30)32-2)4-3-5-18(15)33-19)8-9-14-20(22)26(12-6-7-12)11-16(21(14)27)23(28)29/h8-12,17H,3-7H2,1-2H3,(H,25,30)(H,28,29). The molecule has 2 aromatic heterocycles. The van der Waals surface area contributed by atoms with E-state index in [1.54, 1.807) is 24.5 Å². The molecule has 1 unspecified atom stereocenters. The van der Waals surface area contributed by atoms with Gasteiger partial charge in [0.1, 0.15) is 5.56 Å². The van der Waals surface area contributed by atoms with Crippen LogP contribution >= 0.6 is 11.3 Å². The maximum atomic E-state index is 12.9. The predicted molar refractivity (Wildman–Crippen MR) is 125 cm³/mol. The fourth-order valence-electron chi connectivity index (χ4n) is 4.65. The van der Waals surface area contributed by atoms with Gasteiger partial charge in [0, 0.05) is 27.6 Å². The van der Waals surface area contributed by atoms with Crippen molar-refractivity contribution in [3.8, 4) is 16.2 Å². The second-order valence-corrected chi connectivity index (χ2v) is 9.56. The Morgan fingerprint density at radius 2 is 2.00 bits per heavy atom. The van der Waals surface area contributed by atoms with E-state index in [9.17, 15) is 19.5 Å². The molecule has 1 saturated carbocycles. The highest BCUT2D eigenvalue weighted by atomic mass is 32.1. The molecule has 0 saturated heterocycles. The third kappa shape index (κ3) is 3.66. The van der Waals surface area contributed by atoms with Crippen molar-refractivity contribution in [2.75, 3.05) is 14.2 Å². The quantitative estimate of drug-likeness (QED) is 0.571. The highest BCUT2D eigenvalue weighted by Gasteiger charge is 2.30. The molecule has 8 nitrogen and oxygen atoms in total.